The van der Waals surface area contributed by atoms with Crippen LogP contribution in [-0.2, 0) is 5.54 Å². The Balaban J connectivity index is 1.65. The van der Waals surface area contributed by atoms with Crippen LogP contribution in [0.5, 0.6) is 11.5 Å². The number of benzene rings is 1. The molecule has 1 aliphatic rings. The molecule has 0 fully saturated rings. The molecule has 3 rings (SSSR count). The normalized spacial score (nSPS) is 14.7. The Labute approximate surface area is 153 Å². The van der Waals surface area contributed by atoms with E-state index in [0.717, 1.165) is 11.3 Å². The van der Waals surface area contributed by atoms with E-state index in [1.807, 2.05) is 24.7 Å². The molecule has 0 radical (unpaired) electrons. The van der Waals surface area contributed by atoms with Crippen LogP contribution in [0.25, 0.3) is 0 Å². The number of hydrogen-bond acceptors (Lipinski definition) is 4. The molecule has 7 nitrogen and oxygen atoms in total. The first-order chi connectivity index (χ1) is 12.2. The number of fused-ring (bicyclic) bond motifs is 1. The summed E-state index contributed by atoms with van der Waals surface area (Å²) in [7, 11) is 0. The molecule has 0 saturated carbocycles. The first-order valence-corrected chi connectivity index (χ1v) is 8.78. The maximum Gasteiger partial charge on any atom is 0.319 e. The van der Waals surface area contributed by atoms with Crippen molar-refractivity contribution in [3.8, 4) is 11.5 Å². The second-order valence-corrected chi connectivity index (χ2v) is 7.46. The van der Waals surface area contributed by atoms with Gasteiger partial charge in [0.1, 0.15) is 13.2 Å². The van der Waals surface area contributed by atoms with Crippen LogP contribution in [0.3, 0.4) is 0 Å². The summed E-state index contributed by atoms with van der Waals surface area (Å²) in [4.78, 5) is 12.4. The molecule has 2 amide bonds. The van der Waals surface area contributed by atoms with E-state index < -0.39 is 0 Å². The fourth-order valence-electron chi connectivity index (χ4n) is 2.80. The molecule has 2 aromatic rings. The van der Waals surface area contributed by atoms with Crippen molar-refractivity contribution in [3.63, 3.8) is 0 Å². The summed E-state index contributed by atoms with van der Waals surface area (Å²) in [6.45, 7) is 11.2. The largest absolute Gasteiger partial charge is 0.486 e. The highest BCUT2D eigenvalue weighted by molar-refractivity contribution is 5.90. The van der Waals surface area contributed by atoms with Crippen molar-refractivity contribution in [2.24, 2.45) is 0 Å². The molecule has 1 unspecified atom stereocenters. The molecule has 26 heavy (non-hydrogen) atoms. The summed E-state index contributed by atoms with van der Waals surface area (Å²) in [6.07, 6.45) is 1.99. The van der Waals surface area contributed by atoms with Crippen molar-refractivity contribution in [2.45, 2.75) is 46.2 Å². The highest BCUT2D eigenvalue weighted by atomic mass is 16.6. The predicted octanol–water partition coefficient (Wildman–Crippen LogP) is 3.60. The van der Waals surface area contributed by atoms with Crippen molar-refractivity contribution in [1.82, 2.24) is 15.1 Å². The van der Waals surface area contributed by atoms with E-state index in [-0.39, 0.29) is 17.6 Å². The lowest BCUT2D eigenvalue weighted by atomic mass is 10.1. The topological polar surface area (TPSA) is 77.4 Å². The Morgan fingerprint density at radius 3 is 2.58 bits per heavy atom. The minimum atomic E-state index is -0.280. The van der Waals surface area contributed by atoms with Crippen molar-refractivity contribution in [2.75, 3.05) is 18.5 Å². The van der Waals surface area contributed by atoms with Crippen LogP contribution < -0.4 is 20.1 Å². The Bertz CT molecular complexity index is 808. The van der Waals surface area contributed by atoms with Gasteiger partial charge in [-0.25, -0.2) is 4.79 Å². The third kappa shape index (κ3) is 3.92. The third-order valence-corrected chi connectivity index (χ3v) is 4.24. The summed E-state index contributed by atoms with van der Waals surface area (Å²) >= 11 is 0. The fraction of sp³-hybridized carbons (Fsp3) is 0.474. The van der Waals surface area contributed by atoms with Gasteiger partial charge in [-0.1, -0.05) is 0 Å². The summed E-state index contributed by atoms with van der Waals surface area (Å²) in [5.74, 6) is 1.34. The van der Waals surface area contributed by atoms with E-state index in [9.17, 15) is 4.79 Å². The van der Waals surface area contributed by atoms with Gasteiger partial charge in [-0.05, 0) is 46.8 Å². The molecule has 1 aliphatic heterocycles. The maximum atomic E-state index is 12.4. The van der Waals surface area contributed by atoms with Gasteiger partial charge in [-0.3, -0.25) is 4.68 Å². The molecule has 140 valence electrons. The van der Waals surface area contributed by atoms with Crippen molar-refractivity contribution in [3.05, 3.63) is 35.7 Å². The van der Waals surface area contributed by atoms with Crippen LogP contribution in [0.2, 0.25) is 0 Å². The van der Waals surface area contributed by atoms with Crippen LogP contribution >= 0.6 is 0 Å². The number of anilines is 1. The van der Waals surface area contributed by atoms with Crippen LogP contribution in [0.4, 0.5) is 10.5 Å². The molecule has 1 aromatic heterocycles. The van der Waals surface area contributed by atoms with Crippen LogP contribution in [0.1, 0.15) is 45.0 Å². The van der Waals surface area contributed by atoms with Gasteiger partial charge in [-0.15, -0.1) is 0 Å². The van der Waals surface area contributed by atoms with E-state index in [1.54, 1.807) is 18.2 Å². The van der Waals surface area contributed by atoms with Gasteiger partial charge < -0.3 is 20.1 Å². The lowest BCUT2D eigenvalue weighted by Crippen LogP contribution is -2.31. The van der Waals surface area contributed by atoms with Crippen LogP contribution in [-0.4, -0.2) is 29.0 Å². The third-order valence-electron chi connectivity index (χ3n) is 4.24. The van der Waals surface area contributed by atoms with Crippen molar-refractivity contribution < 1.29 is 14.3 Å². The molecule has 1 atom stereocenters. The molecular weight excluding hydrogens is 332 g/mol. The zero-order valence-corrected chi connectivity index (χ0v) is 15.9. The maximum absolute atomic E-state index is 12.4. The first-order valence-electron chi connectivity index (χ1n) is 8.78. The standard InChI is InChI=1S/C19H26N4O3/c1-12(15-11-23(19(3,4)5)22-13(15)2)20-18(24)21-14-6-7-16-17(10-14)26-9-8-25-16/h6-7,10-12H,8-9H2,1-5H3,(H2,20,21,24). The Kier molecular flexibility index (Phi) is 4.80. The molecule has 1 aromatic carbocycles. The van der Waals surface area contributed by atoms with E-state index in [0.29, 0.717) is 30.4 Å². The monoisotopic (exact) mass is 358 g/mol. The summed E-state index contributed by atoms with van der Waals surface area (Å²) < 4.78 is 12.9. The predicted molar refractivity (Wildman–Crippen MR) is 100.0 cm³/mol. The van der Waals surface area contributed by atoms with Gasteiger partial charge in [-0.2, -0.15) is 5.10 Å². The molecule has 7 heteroatoms. The molecule has 0 saturated heterocycles. The first kappa shape index (κ1) is 18.1. The summed E-state index contributed by atoms with van der Waals surface area (Å²) in [5.41, 5.74) is 2.46. The number of nitrogens with one attached hydrogen (secondary N) is 2. The summed E-state index contributed by atoms with van der Waals surface area (Å²) in [6, 6.07) is 4.91. The molecule has 0 bridgehead atoms. The highest BCUT2D eigenvalue weighted by Crippen LogP contribution is 2.32. The van der Waals surface area contributed by atoms with E-state index in [1.165, 1.54) is 0 Å². The number of rotatable bonds is 3. The number of carbonyl (C=O) groups excluding carboxylic acids is 1. The van der Waals surface area contributed by atoms with Gasteiger partial charge in [0.05, 0.1) is 17.3 Å². The lowest BCUT2D eigenvalue weighted by molar-refractivity contribution is 0.171. The quantitative estimate of drug-likeness (QED) is 0.879. The van der Waals surface area contributed by atoms with Crippen molar-refractivity contribution >= 4 is 11.7 Å². The lowest BCUT2D eigenvalue weighted by Gasteiger charge is -2.20. The molecular formula is C19H26N4O3. The average Bonchev–Trinajstić information content (AvgIpc) is 2.97. The van der Waals surface area contributed by atoms with Crippen molar-refractivity contribution in [1.29, 1.82) is 0 Å². The fourth-order valence-corrected chi connectivity index (χ4v) is 2.80. The minimum absolute atomic E-state index is 0.101. The number of carbonyl (C=O) groups is 1. The van der Waals surface area contributed by atoms with Gasteiger partial charge >= 0.3 is 6.03 Å². The minimum Gasteiger partial charge on any atom is -0.486 e. The summed E-state index contributed by atoms with van der Waals surface area (Å²) in [5, 5.41) is 10.3. The number of amides is 2. The number of aryl methyl sites for hydroxylation is 1. The number of aromatic nitrogens is 2. The number of nitrogens with zero attached hydrogens (tertiary/aromatic N) is 2. The molecule has 2 N–H and O–H groups in total. The number of urea groups is 1. The average molecular weight is 358 g/mol. The van der Waals surface area contributed by atoms with Gasteiger partial charge in [0.15, 0.2) is 11.5 Å². The van der Waals surface area contributed by atoms with Gasteiger partial charge in [0, 0.05) is 23.5 Å². The molecule has 0 spiro atoms. The van der Waals surface area contributed by atoms with Gasteiger partial charge in [0.25, 0.3) is 0 Å². The SMILES string of the molecule is Cc1nn(C(C)(C)C)cc1C(C)NC(=O)Nc1ccc2c(c1)OCCO2. The van der Waals surface area contributed by atoms with Crippen LogP contribution in [0, 0.1) is 6.92 Å². The highest BCUT2D eigenvalue weighted by Gasteiger charge is 2.20. The second kappa shape index (κ2) is 6.90. The number of ether oxygens (including phenoxy) is 2. The molecule has 2 heterocycles. The zero-order valence-electron chi connectivity index (χ0n) is 15.9. The van der Waals surface area contributed by atoms with Gasteiger partial charge in [0.2, 0.25) is 0 Å². The Morgan fingerprint density at radius 1 is 1.23 bits per heavy atom. The van der Waals surface area contributed by atoms with E-state index in [2.05, 4.69) is 36.5 Å². The van der Waals surface area contributed by atoms with Crippen LogP contribution in [0.15, 0.2) is 24.4 Å². The van der Waals surface area contributed by atoms with E-state index >= 15 is 0 Å². The smallest absolute Gasteiger partial charge is 0.319 e. The molecule has 0 aliphatic carbocycles. The number of hydrogen-bond donors (Lipinski definition) is 2. The Morgan fingerprint density at radius 2 is 1.92 bits per heavy atom. The zero-order chi connectivity index (χ0) is 18.9. The van der Waals surface area contributed by atoms with E-state index in [4.69, 9.17) is 9.47 Å². The Hall–Kier alpha value is -2.70. The second-order valence-electron chi connectivity index (χ2n) is 7.46.